The van der Waals surface area contributed by atoms with Crippen LogP contribution in [0.15, 0.2) is 0 Å². The molecule has 0 radical (unpaired) electrons. The fourth-order valence-corrected chi connectivity index (χ4v) is 3.86. The summed E-state index contributed by atoms with van der Waals surface area (Å²) in [5.74, 6) is 0.807. The number of carbonyl (C=O) groups is 2. The number of carbonyl (C=O) groups excluding carboxylic acids is 1. The van der Waals surface area contributed by atoms with Crippen molar-refractivity contribution in [2.45, 2.75) is 44.5 Å². The SMILES string of the molecule is CCC1SCC(C(=O)O)N1C(=O)NCC(C)C1CC1. The van der Waals surface area contributed by atoms with Crippen molar-refractivity contribution in [2.75, 3.05) is 12.3 Å². The average molecular weight is 286 g/mol. The Balaban J connectivity index is 1.91. The number of urea groups is 1. The zero-order valence-corrected chi connectivity index (χ0v) is 12.3. The van der Waals surface area contributed by atoms with Gasteiger partial charge in [-0.25, -0.2) is 9.59 Å². The van der Waals surface area contributed by atoms with Crippen LogP contribution in [0.25, 0.3) is 0 Å². The van der Waals surface area contributed by atoms with Gasteiger partial charge in [-0.3, -0.25) is 4.90 Å². The first kappa shape index (κ1) is 14.5. The van der Waals surface area contributed by atoms with Gasteiger partial charge in [0, 0.05) is 12.3 Å². The van der Waals surface area contributed by atoms with E-state index < -0.39 is 12.0 Å². The number of hydrogen-bond acceptors (Lipinski definition) is 3. The zero-order chi connectivity index (χ0) is 14.0. The Morgan fingerprint density at radius 1 is 1.47 bits per heavy atom. The third-order valence-electron chi connectivity index (χ3n) is 3.96. The molecule has 1 saturated carbocycles. The molecule has 2 rings (SSSR count). The van der Waals surface area contributed by atoms with Gasteiger partial charge in [0.25, 0.3) is 0 Å². The molecule has 0 bridgehead atoms. The summed E-state index contributed by atoms with van der Waals surface area (Å²) in [7, 11) is 0. The van der Waals surface area contributed by atoms with E-state index in [1.165, 1.54) is 17.7 Å². The minimum Gasteiger partial charge on any atom is -0.480 e. The summed E-state index contributed by atoms with van der Waals surface area (Å²) in [6, 6.07) is -0.914. The molecule has 3 atom stereocenters. The second kappa shape index (κ2) is 6.03. The Kier molecular flexibility index (Phi) is 4.60. The van der Waals surface area contributed by atoms with Gasteiger partial charge in [-0.1, -0.05) is 13.8 Å². The molecule has 1 heterocycles. The van der Waals surface area contributed by atoms with E-state index in [2.05, 4.69) is 12.2 Å². The summed E-state index contributed by atoms with van der Waals surface area (Å²) in [5, 5.41) is 12.1. The number of carboxylic acids is 1. The fraction of sp³-hybridized carbons (Fsp3) is 0.846. The molecule has 0 aromatic heterocycles. The lowest BCUT2D eigenvalue weighted by Gasteiger charge is -2.27. The van der Waals surface area contributed by atoms with Crippen molar-refractivity contribution in [2.24, 2.45) is 11.8 Å². The summed E-state index contributed by atoms with van der Waals surface area (Å²) >= 11 is 1.55. The minimum atomic E-state index is -0.908. The van der Waals surface area contributed by atoms with E-state index in [1.54, 1.807) is 11.8 Å². The minimum absolute atomic E-state index is 0.0164. The van der Waals surface area contributed by atoms with Crippen LogP contribution >= 0.6 is 11.8 Å². The van der Waals surface area contributed by atoms with Gasteiger partial charge in [0.15, 0.2) is 0 Å². The van der Waals surface area contributed by atoms with Crippen LogP contribution in [-0.4, -0.2) is 45.7 Å². The van der Waals surface area contributed by atoms with Crippen LogP contribution in [0.2, 0.25) is 0 Å². The molecule has 3 unspecified atom stereocenters. The Morgan fingerprint density at radius 3 is 2.68 bits per heavy atom. The van der Waals surface area contributed by atoms with E-state index in [-0.39, 0.29) is 11.4 Å². The molecule has 0 aromatic carbocycles. The Morgan fingerprint density at radius 2 is 2.16 bits per heavy atom. The lowest BCUT2D eigenvalue weighted by Crippen LogP contribution is -2.50. The molecule has 1 aliphatic carbocycles. The highest BCUT2D eigenvalue weighted by molar-refractivity contribution is 8.00. The molecule has 6 heteroatoms. The van der Waals surface area contributed by atoms with Gasteiger partial charge in [0.05, 0.1) is 5.37 Å². The number of nitrogens with zero attached hydrogens (tertiary/aromatic N) is 1. The summed E-state index contributed by atoms with van der Waals surface area (Å²) in [6.07, 6.45) is 3.29. The third kappa shape index (κ3) is 3.35. The molecule has 2 fully saturated rings. The van der Waals surface area contributed by atoms with Crippen LogP contribution < -0.4 is 5.32 Å². The van der Waals surface area contributed by atoms with Gasteiger partial charge in [-0.15, -0.1) is 11.8 Å². The molecule has 2 N–H and O–H groups in total. The summed E-state index contributed by atoms with van der Waals surface area (Å²) in [4.78, 5) is 24.9. The number of carboxylic acid groups (broad SMARTS) is 1. The van der Waals surface area contributed by atoms with Gasteiger partial charge >= 0.3 is 12.0 Å². The Bertz CT molecular complexity index is 360. The molecular formula is C13H22N2O3S. The monoisotopic (exact) mass is 286 g/mol. The molecular weight excluding hydrogens is 264 g/mol. The van der Waals surface area contributed by atoms with Crippen LogP contribution in [-0.2, 0) is 4.79 Å². The number of nitrogens with one attached hydrogen (secondary N) is 1. The molecule has 2 aliphatic rings. The average Bonchev–Trinajstić information content (AvgIpc) is 3.13. The van der Waals surface area contributed by atoms with Crippen molar-refractivity contribution in [3.8, 4) is 0 Å². The van der Waals surface area contributed by atoms with E-state index in [0.29, 0.717) is 18.2 Å². The number of aliphatic carboxylic acids is 1. The van der Waals surface area contributed by atoms with Crippen LogP contribution in [0, 0.1) is 11.8 Å². The van der Waals surface area contributed by atoms with Crippen molar-refractivity contribution in [1.29, 1.82) is 0 Å². The smallest absolute Gasteiger partial charge is 0.327 e. The van der Waals surface area contributed by atoms with Gasteiger partial charge in [-0.05, 0) is 31.1 Å². The highest BCUT2D eigenvalue weighted by Crippen LogP contribution is 2.36. The Hall–Kier alpha value is -0.910. The molecule has 0 spiro atoms. The third-order valence-corrected chi connectivity index (χ3v) is 5.42. The van der Waals surface area contributed by atoms with Crippen LogP contribution in [0.3, 0.4) is 0 Å². The van der Waals surface area contributed by atoms with Crippen molar-refractivity contribution in [3.63, 3.8) is 0 Å². The molecule has 1 saturated heterocycles. The van der Waals surface area contributed by atoms with Gasteiger partial charge in [-0.2, -0.15) is 0 Å². The normalized spacial score (nSPS) is 28.2. The van der Waals surface area contributed by atoms with E-state index in [1.807, 2.05) is 6.92 Å². The zero-order valence-electron chi connectivity index (χ0n) is 11.5. The molecule has 2 amide bonds. The first-order valence-electron chi connectivity index (χ1n) is 6.95. The predicted molar refractivity (Wildman–Crippen MR) is 75.1 cm³/mol. The molecule has 19 heavy (non-hydrogen) atoms. The first-order chi connectivity index (χ1) is 9.04. The second-order valence-electron chi connectivity index (χ2n) is 5.46. The first-order valence-corrected chi connectivity index (χ1v) is 8.00. The molecule has 1 aliphatic heterocycles. The van der Waals surface area contributed by atoms with Crippen molar-refractivity contribution < 1.29 is 14.7 Å². The topological polar surface area (TPSA) is 69.6 Å². The molecule has 5 nitrogen and oxygen atoms in total. The highest BCUT2D eigenvalue weighted by Gasteiger charge is 2.41. The molecule has 0 aromatic rings. The van der Waals surface area contributed by atoms with Gasteiger partial charge < -0.3 is 10.4 Å². The van der Waals surface area contributed by atoms with Crippen LogP contribution in [0.4, 0.5) is 4.79 Å². The van der Waals surface area contributed by atoms with Crippen molar-refractivity contribution in [1.82, 2.24) is 10.2 Å². The van der Waals surface area contributed by atoms with E-state index in [9.17, 15) is 14.7 Å². The summed E-state index contributed by atoms with van der Waals surface area (Å²) < 4.78 is 0. The van der Waals surface area contributed by atoms with Gasteiger partial charge in [0.1, 0.15) is 6.04 Å². The summed E-state index contributed by atoms with van der Waals surface area (Å²) in [5.41, 5.74) is 0. The highest BCUT2D eigenvalue weighted by atomic mass is 32.2. The number of hydrogen-bond donors (Lipinski definition) is 2. The van der Waals surface area contributed by atoms with E-state index in [0.717, 1.165) is 12.3 Å². The predicted octanol–water partition coefficient (Wildman–Crippen LogP) is 1.98. The number of rotatable bonds is 5. The quantitative estimate of drug-likeness (QED) is 0.811. The maximum absolute atomic E-state index is 12.2. The maximum Gasteiger partial charge on any atom is 0.327 e. The molecule has 108 valence electrons. The van der Waals surface area contributed by atoms with Crippen molar-refractivity contribution >= 4 is 23.8 Å². The Labute approximate surface area is 118 Å². The number of amides is 2. The maximum atomic E-state index is 12.2. The lowest BCUT2D eigenvalue weighted by atomic mass is 10.1. The van der Waals surface area contributed by atoms with Crippen molar-refractivity contribution in [3.05, 3.63) is 0 Å². The lowest BCUT2D eigenvalue weighted by molar-refractivity contribution is -0.141. The second-order valence-corrected chi connectivity index (χ2v) is 6.67. The fourth-order valence-electron chi connectivity index (χ4n) is 2.51. The number of thioether (sulfide) groups is 1. The largest absolute Gasteiger partial charge is 0.480 e. The summed E-state index contributed by atoms with van der Waals surface area (Å²) in [6.45, 7) is 4.77. The standard InChI is InChI=1S/C13H22N2O3S/c1-3-11-15(10(7-19-11)12(16)17)13(18)14-6-8(2)9-4-5-9/h8-11H,3-7H2,1-2H3,(H,14,18)(H,16,17). The van der Waals surface area contributed by atoms with Crippen LogP contribution in [0.1, 0.15) is 33.1 Å². The van der Waals surface area contributed by atoms with E-state index in [4.69, 9.17) is 0 Å². The van der Waals surface area contributed by atoms with E-state index >= 15 is 0 Å². The van der Waals surface area contributed by atoms with Gasteiger partial charge in [0.2, 0.25) is 0 Å². The van der Waals surface area contributed by atoms with Crippen LogP contribution in [0.5, 0.6) is 0 Å².